The van der Waals surface area contributed by atoms with Crippen LogP contribution in [0, 0.1) is 0 Å². The molecule has 1 aromatic rings. The highest BCUT2D eigenvalue weighted by atomic mass is 35.5. The smallest absolute Gasteiger partial charge is 0.372 e. The highest BCUT2D eigenvalue weighted by Crippen LogP contribution is 2.06. The molecule has 0 bridgehead atoms. The molecule has 0 aromatic heterocycles. The highest BCUT2D eigenvalue weighted by Gasteiger charge is 2.11. The van der Waals surface area contributed by atoms with Crippen molar-refractivity contribution in [2.45, 2.75) is 6.42 Å². The molecule has 0 fully saturated rings. The van der Waals surface area contributed by atoms with Crippen molar-refractivity contribution in [3.05, 3.63) is 29.8 Å². The number of benzene rings is 1. The fourth-order valence-corrected chi connectivity index (χ4v) is 0.896. The van der Waals surface area contributed by atoms with Gasteiger partial charge in [-0.05, 0) is 17.7 Å². The molecule has 0 saturated carbocycles. The van der Waals surface area contributed by atoms with Crippen molar-refractivity contribution in [2.24, 2.45) is 0 Å². The lowest BCUT2D eigenvalue weighted by molar-refractivity contribution is -0.148. The van der Waals surface area contributed by atoms with Crippen LogP contribution >= 0.6 is 12.4 Å². The molecule has 0 unspecified atom stereocenters. The van der Waals surface area contributed by atoms with Crippen molar-refractivity contribution in [2.75, 3.05) is 5.73 Å². The zero-order chi connectivity index (χ0) is 9.84. The molecule has 4 nitrogen and oxygen atoms in total. The molecule has 0 amide bonds. The van der Waals surface area contributed by atoms with Crippen LogP contribution in [0.15, 0.2) is 24.3 Å². The minimum Gasteiger partial charge on any atom is -0.475 e. The molecule has 3 N–H and O–H groups in total. The number of carbonyl (C=O) groups is 2. The van der Waals surface area contributed by atoms with E-state index in [1.807, 2.05) is 0 Å². The van der Waals surface area contributed by atoms with E-state index in [4.69, 9.17) is 10.8 Å². The van der Waals surface area contributed by atoms with E-state index in [1.54, 1.807) is 24.3 Å². The van der Waals surface area contributed by atoms with Crippen LogP contribution in [0.1, 0.15) is 5.56 Å². The lowest BCUT2D eigenvalue weighted by atomic mass is 10.1. The number of rotatable bonds is 3. The maximum absolute atomic E-state index is 10.8. The van der Waals surface area contributed by atoms with Crippen LogP contribution in [0.3, 0.4) is 0 Å². The van der Waals surface area contributed by atoms with Gasteiger partial charge in [0.25, 0.3) is 0 Å². The molecular weight excluding hydrogens is 206 g/mol. The van der Waals surface area contributed by atoms with Crippen LogP contribution in [0.2, 0.25) is 0 Å². The first-order valence-corrected chi connectivity index (χ1v) is 3.70. The molecule has 76 valence electrons. The van der Waals surface area contributed by atoms with Crippen molar-refractivity contribution >= 4 is 29.8 Å². The van der Waals surface area contributed by atoms with E-state index >= 15 is 0 Å². The molecule has 0 atom stereocenters. The summed E-state index contributed by atoms with van der Waals surface area (Å²) in [7, 11) is 0. The number of hydrogen-bond donors (Lipinski definition) is 2. The van der Waals surface area contributed by atoms with Gasteiger partial charge >= 0.3 is 5.97 Å². The Hall–Kier alpha value is -1.55. The quantitative estimate of drug-likeness (QED) is 0.580. The molecule has 5 heteroatoms. The van der Waals surface area contributed by atoms with Gasteiger partial charge in [-0.2, -0.15) is 0 Å². The van der Waals surface area contributed by atoms with Crippen LogP contribution in [-0.4, -0.2) is 16.9 Å². The van der Waals surface area contributed by atoms with E-state index < -0.39 is 11.8 Å². The van der Waals surface area contributed by atoms with Gasteiger partial charge in [-0.3, -0.25) is 4.79 Å². The number of carboxylic acid groups (broad SMARTS) is 1. The van der Waals surface area contributed by atoms with Gasteiger partial charge in [0.2, 0.25) is 5.78 Å². The maximum Gasteiger partial charge on any atom is 0.372 e. The highest BCUT2D eigenvalue weighted by molar-refractivity contribution is 6.33. The van der Waals surface area contributed by atoms with Gasteiger partial charge in [-0.25, -0.2) is 4.79 Å². The van der Waals surface area contributed by atoms with Crippen molar-refractivity contribution < 1.29 is 14.7 Å². The molecule has 0 spiro atoms. The molecule has 1 rings (SSSR count). The van der Waals surface area contributed by atoms with Crippen LogP contribution in [0.5, 0.6) is 0 Å². The van der Waals surface area contributed by atoms with E-state index in [9.17, 15) is 9.59 Å². The summed E-state index contributed by atoms with van der Waals surface area (Å²) < 4.78 is 0. The lowest BCUT2D eigenvalue weighted by Gasteiger charge is -1.97. The predicted octanol–water partition coefficient (Wildman–Crippen LogP) is 0.887. The molecular formula is C9H10ClNO3. The average molecular weight is 216 g/mol. The number of carbonyl (C=O) groups excluding carboxylic acids is 1. The number of halogens is 1. The number of Topliss-reactive ketones (excluding diaryl/α,β-unsaturated/α-hetero) is 1. The normalized spacial score (nSPS) is 8.86. The minimum atomic E-state index is -1.41. The Labute approximate surface area is 87.1 Å². The first-order chi connectivity index (χ1) is 6.09. The second-order valence-corrected chi connectivity index (χ2v) is 2.65. The Morgan fingerprint density at radius 3 is 2.14 bits per heavy atom. The van der Waals surface area contributed by atoms with Crippen molar-refractivity contribution in [1.29, 1.82) is 0 Å². The van der Waals surface area contributed by atoms with Gasteiger partial charge in [0, 0.05) is 12.1 Å². The maximum atomic E-state index is 10.8. The monoisotopic (exact) mass is 215 g/mol. The summed E-state index contributed by atoms with van der Waals surface area (Å²) in [4.78, 5) is 21.0. The number of ketones is 1. The third kappa shape index (κ3) is 3.45. The van der Waals surface area contributed by atoms with Crippen LogP contribution < -0.4 is 5.73 Å². The van der Waals surface area contributed by atoms with Gasteiger partial charge in [0.05, 0.1) is 0 Å². The molecule has 14 heavy (non-hydrogen) atoms. The number of aliphatic carboxylic acids is 1. The largest absolute Gasteiger partial charge is 0.475 e. The topological polar surface area (TPSA) is 80.4 Å². The Morgan fingerprint density at radius 2 is 1.71 bits per heavy atom. The summed E-state index contributed by atoms with van der Waals surface area (Å²) >= 11 is 0. The van der Waals surface area contributed by atoms with Gasteiger partial charge < -0.3 is 10.8 Å². The number of anilines is 1. The fraction of sp³-hybridized carbons (Fsp3) is 0.111. The number of nitrogens with two attached hydrogens (primary N) is 1. The zero-order valence-corrected chi connectivity index (χ0v) is 8.08. The number of carboxylic acids is 1. The summed E-state index contributed by atoms with van der Waals surface area (Å²) in [6.07, 6.45) is -0.0877. The third-order valence-corrected chi connectivity index (χ3v) is 1.58. The molecule has 0 aliphatic carbocycles. The minimum absolute atomic E-state index is 0. The van der Waals surface area contributed by atoms with Gasteiger partial charge in [0.1, 0.15) is 0 Å². The van der Waals surface area contributed by atoms with Crippen LogP contribution in [0.4, 0.5) is 5.69 Å². The Morgan fingerprint density at radius 1 is 1.21 bits per heavy atom. The summed E-state index contributed by atoms with van der Waals surface area (Å²) in [5.41, 5.74) is 6.66. The number of hydrogen-bond acceptors (Lipinski definition) is 3. The van der Waals surface area contributed by atoms with E-state index in [1.165, 1.54) is 0 Å². The van der Waals surface area contributed by atoms with Gasteiger partial charge in [-0.1, -0.05) is 12.1 Å². The summed E-state index contributed by atoms with van der Waals surface area (Å²) in [6.45, 7) is 0. The standard InChI is InChI=1S/C9H9NO3.ClH/c10-7-3-1-6(2-4-7)5-8(11)9(12)13;/h1-4H,5,10H2,(H,12,13);1H. The first-order valence-electron chi connectivity index (χ1n) is 3.70. The molecule has 0 heterocycles. The van der Waals surface area contributed by atoms with Crippen molar-refractivity contribution in [3.63, 3.8) is 0 Å². The molecule has 0 aliphatic rings. The second kappa shape index (κ2) is 5.24. The van der Waals surface area contributed by atoms with Gasteiger partial charge in [-0.15, -0.1) is 12.4 Å². The molecule has 0 aliphatic heterocycles. The SMILES string of the molecule is Cl.Nc1ccc(CC(=O)C(=O)O)cc1. The average Bonchev–Trinajstić information content (AvgIpc) is 2.08. The summed E-state index contributed by atoms with van der Waals surface area (Å²) in [5, 5.41) is 8.32. The fourth-order valence-electron chi connectivity index (χ4n) is 0.896. The Kier molecular flexibility index (Phi) is 4.66. The first kappa shape index (κ1) is 12.4. The third-order valence-electron chi connectivity index (χ3n) is 1.58. The Bertz CT molecular complexity index is 334. The van der Waals surface area contributed by atoms with E-state index in [0.29, 0.717) is 11.3 Å². The molecule has 1 aromatic carbocycles. The zero-order valence-electron chi connectivity index (χ0n) is 7.27. The summed E-state index contributed by atoms with van der Waals surface area (Å²) in [6, 6.07) is 6.53. The predicted molar refractivity (Wildman–Crippen MR) is 54.4 cm³/mol. The number of nitrogen functional groups attached to an aromatic ring is 1. The van der Waals surface area contributed by atoms with Gasteiger partial charge in [0.15, 0.2) is 0 Å². The van der Waals surface area contributed by atoms with E-state index in [0.717, 1.165) is 0 Å². The lowest BCUT2D eigenvalue weighted by Crippen LogP contribution is -2.14. The summed E-state index contributed by atoms with van der Waals surface area (Å²) in [5.74, 6) is -2.22. The molecule has 0 radical (unpaired) electrons. The van der Waals surface area contributed by atoms with Crippen LogP contribution in [0.25, 0.3) is 0 Å². The van der Waals surface area contributed by atoms with E-state index in [2.05, 4.69) is 0 Å². The molecule has 0 saturated heterocycles. The Balaban J connectivity index is 0.00000169. The second-order valence-electron chi connectivity index (χ2n) is 2.65. The van der Waals surface area contributed by atoms with E-state index in [-0.39, 0.29) is 18.8 Å². The van der Waals surface area contributed by atoms with Crippen LogP contribution in [-0.2, 0) is 16.0 Å². The van der Waals surface area contributed by atoms with Crippen molar-refractivity contribution in [1.82, 2.24) is 0 Å². The van der Waals surface area contributed by atoms with Crippen molar-refractivity contribution in [3.8, 4) is 0 Å².